The van der Waals surface area contributed by atoms with Crippen LogP contribution in [0.5, 0.6) is 0 Å². The minimum atomic E-state index is -0.744. The van der Waals surface area contributed by atoms with Crippen LogP contribution in [0, 0.1) is 5.41 Å². The molecule has 1 atom stereocenters. The smallest absolute Gasteiger partial charge is 0.309 e. The summed E-state index contributed by atoms with van der Waals surface area (Å²) in [5, 5.41) is 12.4. The van der Waals surface area contributed by atoms with Crippen LogP contribution in [0.2, 0.25) is 0 Å². The number of anilines is 1. The van der Waals surface area contributed by atoms with Crippen molar-refractivity contribution in [3.8, 4) is 0 Å². The molecule has 1 aromatic rings. The average molecular weight is 205 g/mol. The van der Waals surface area contributed by atoms with Crippen molar-refractivity contribution in [2.75, 3.05) is 11.9 Å². The highest BCUT2D eigenvalue weighted by atomic mass is 16.4. The van der Waals surface area contributed by atoms with Gasteiger partial charge in [0.15, 0.2) is 0 Å². The normalized spacial score (nSPS) is 19.5. The molecule has 0 saturated heterocycles. The van der Waals surface area contributed by atoms with Crippen LogP contribution < -0.4 is 5.32 Å². The molecule has 15 heavy (non-hydrogen) atoms. The zero-order valence-corrected chi connectivity index (χ0v) is 8.95. The first kappa shape index (κ1) is 10.0. The molecule has 1 aliphatic heterocycles. The lowest BCUT2D eigenvalue weighted by molar-refractivity contribution is -0.148. The van der Waals surface area contributed by atoms with E-state index in [4.69, 9.17) is 0 Å². The Morgan fingerprint density at radius 3 is 2.80 bits per heavy atom. The molecule has 0 spiro atoms. The van der Waals surface area contributed by atoms with Crippen LogP contribution in [0.3, 0.4) is 0 Å². The van der Waals surface area contributed by atoms with E-state index in [1.807, 2.05) is 24.3 Å². The van der Waals surface area contributed by atoms with Gasteiger partial charge in [-0.3, -0.25) is 4.79 Å². The van der Waals surface area contributed by atoms with Crippen molar-refractivity contribution in [2.45, 2.75) is 19.8 Å². The van der Waals surface area contributed by atoms with Crippen molar-refractivity contribution in [3.05, 3.63) is 29.8 Å². The van der Waals surface area contributed by atoms with Crippen molar-refractivity contribution >= 4 is 11.7 Å². The number of carboxylic acid groups (broad SMARTS) is 1. The van der Waals surface area contributed by atoms with Gasteiger partial charge in [0.25, 0.3) is 0 Å². The van der Waals surface area contributed by atoms with E-state index in [1.54, 1.807) is 13.8 Å². The molecule has 3 heteroatoms. The van der Waals surface area contributed by atoms with Crippen molar-refractivity contribution in [1.82, 2.24) is 0 Å². The van der Waals surface area contributed by atoms with Crippen LogP contribution >= 0.6 is 0 Å². The van der Waals surface area contributed by atoms with Gasteiger partial charge in [-0.05, 0) is 25.5 Å². The van der Waals surface area contributed by atoms with Crippen LogP contribution in [-0.2, 0) is 4.79 Å². The topological polar surface area (TPSA) is 49.3 Å². The number of hydrogen-bond acceptors (Lipinski definition) is 2. The minimum absolute atomic E-state index is 0.0474. The number of benzene rings is 1. The molecule has 0 aliphatic carbocycles. The van der Waals surface area contributed by atoms with Gasteiger partial charge in [0.2, 0.25) is 0 Å². The predicted molar refractivity (Wildman–Crippen MR) is 59.1 cm³/mol. The van der Waals surface area contributed by atoms with Crippen LogP contribution in [0.15, 0.2) is 24.3 Å². The van der Waals surface area contributed by atoms with Crippen LogP contribution in [0.1, 0.15) is 25.3 Å². The summed E-state index contributed by atoms with van der Waals surface area (Å²) in [4.78, 5) is 11.2. The maximum atomic E-state index is 11.2. The molecule has 0 aromatic heterocycles. The summed E-state index contributed by atoms with van der Waals surface area (Å²) in [7, 11) is 0. The van der Waals surface area contributed by atoms with E-state index in [0.29, 0.717) is 6.54 Å². The molecular weight excluding hydrogens is 190 g/mol. The molecule has 2 rings (SSSR count). The zero-order chi connectivity index (χ0) is 11.1. The summed E-state index contributed by atoms with van der Waals surface area (Å²) in [5.74, 6) is -0.697. The standard InChI is InChI=1S/C12H15NO2/c1-12(2,11(14)15)9-7-13-10-6-4-3-5-8(9)10/h3-6,9,13H,7H2,1-2H3,(H,14,15). The summed E-state index contributed by atoms with van der Waals surface area (Å²) in [5.41, 5.74) is 1.46. The molecule has 0 amide bonds. The monoisotopic (exact) mass is 205 g/mol. The fourth-order valence-electron chi connectivity index (χ4n) is 2.08. The van der Waals surface area contributed by atoms with Gasteiger partial charge < -0.3 is 10.4 Å². The number of para-hydroxylation sites is 1. The highest BCUT2D eigenvalue weighted by Crippen LogP contribution is 2.42. The largest absolute Gasteiger partial charge is 0.481 e. The Kier molecular flexibility index (Phi) is 2.18. The molecule has 80 valence electrons. The lowest BCUT2D eigenvalue weighted by atomic mass is 9.76. The Morgan fingerprint density at radius 1 is 1.47 bits per heavy atom. The van der Waals surface area contributed by atoms with E-state index in [9.17, 15) is 9.90 Å². The molecule has 1 aromatic carbocycles. The number of carbonyl (C=O) groups is 1. The van der Waals surface area contributed by atoms with Crippen LogP contribution in [0.25, 0.3) is 0 Å². The summed E-state index contributed by atoms with van der Waals surface area (Å²) < 4.78 is 0. The lowest BCUT2D eigenvalue weighted by Gasteiger charge is -2.26. The van der Waals surface area contributed by atoms with Crippen molar-refractivity contribution in [2.24, 2.45) is 5.41 Å². The predicted octanol–water partition coefficient (Wildman–Crippen LogP) is 2.31. The first-order valence-electron chi connectivity index (χ1n) is 5.09. The molecule has 0 fully saturated rings. The second-order valence-electron chi connectivity index (χ2n) is 4.55. The van der Waals surface area contributed by atoms with E-state index in [0.717, 1.165) is 11.3 Å². The number of carboxylic acids is 1. The number of hydrogen-bond donors (Lipinski definition) is 2. The molecule has 0 bridgehead atoms. The molecule has 1 unspecified atom stereocenters. The Balaban J connectivity index is 2.39. The van der Waals surface area contributed by atoms with E-state index in [-0.39, 0.29) is 5.92 Å². The van der Waals surface area contributed by atoms with Crippen molar-refractivity contribution in [1.29, 1.82) is 0 Å². The Morgan fingerprint density at radius 2 is 2.13 bits per heavy atom. The third-order valence-electron chi connectivity index (χ3n) is 3.26. The first-order chi connectivity index (χ1) is 7.03. The third kappa shape index (κ3) is 1.48. The highest BCUT2D eigenvalue weighted by Gasteiger charge is 2.41. The lowest BCUT2D eigenvalue weighted by Crippen LogP contribution is -2.32. The Hall–Kier alpha value is -1.51. The van der Waals surface area contributed by atoms with Gasteiger partial charge in [0.05, 0.1) is 5.41 Å². The van der Waals surface area contributed by atoms with Gasteiger partial charge in [-0.15, -0.1) is 0 Å². The van der Waals surface area contributed by atoms with E-state index in [1.165, 1.54) is 0 Å². The minimum Gasteiger partial charge on any atom is -0.481 e. The summed E-state index contributed by atoms with van der Waals surface area (Å²) >= 11 is 0. The van der Waals surface area contributed by atoms with Gasteiger partial charge in [0, 0.05) is 18.2 Å². The molecular formula is C12H15NO2. The number of rotatable bonds is 2. The van der Waals surface area contributed by atoms with Crippen molar-refractivity contribution < 1.29 is 9.90 Å². The van der Waals surface area contributed by atoms with E-state index in [2.05, 4.69) is 5.32 Å². The molecule has 1 heterocycles. The molecule has 0 radical (unpaired) electrons. The first-order valence-corrected chi connectivity index (χ1v) is 5.09. The summed E-state index contributed by atoms with van der Waals surface area (Å²) in [6.07, 6.45) is 0. The summed E-state index contributed by atoms with van der Waals surface area (Å²) in [6.45, 7) is 4.27. The Labute approximate surface area is 89.1 Å². The summed E-state index contributed by atoms with van der Waals surface area (Å²) in [6, 6.07) is 7.91. The SMILES string of the molecule is CC(C)(C(=O)O)C1CNc2ccccc21. The maximum absolute atomic E-state index is 11.2. The van der Waals surface area contributed by atoms with Gasteiger partial charge in [-0.1, -0.05) is 18.2 Å². The number of aliphatic carboxylic acids is 1. The molecule has 1 aliphatic rings. The fourth-order valence-corrected chi connectivity index (χ4v) is 2.08. The maximum Gasteiger partial charge on any atom is 0.309 e. The third-order valence-corrected chi connectivity index (χ3v) is 3.26. The van der Waals surface area contributed by atoms with Gasteiger partial charge >= 0.3 is 5.97 Å². The van der Waals surface area contributed by atoms with Gasteiger partial charge in [-0.25, -0.2) is 0 Å². The molecule has 3 nitrogen and oxygen atoms in total. The zero-order valence-electron chi connectivity index (χ0n) is 8.95. The van der Waals surface area contributed by atoms with E-state index >= 15 is 0 Å². The number of nitrogens with one attached hydrogen (secondary N) is 1. The average Bonchev–Trinajstić information content (AvgIpc) is 2.61. The molecule has 2 N–H and O–H groups in total. The second kappa shape index (κ2) is 3.26. The van der Waals surface area contributed by atoms with Crippen LogP contribution in [-0.4, -0.2) is 17.6 Å². The fraction of sp³-hybridized carbons (Fsp3) is 0.417. The quantitative estimate of drug-likeness (QED) is 0.779. The van der Waals surface area contributed by atoms with Crippen molar-refractivity contribution in [3.63, 3.8) is 0 Å². The second-order valence-corrected chi connectivity index (χ2v) is 4.55. The highest BCUT2D eigenvalue weighted by molar-refractivity contribution is 5.77. The van der Waals surface area contributed by atoms with E-state index < -0.39 is 11.4 Å². The Bertz CT molecular complexity index is 398. The number of fused-ring (bicyclic) bond motifs is 1. The van der Waals surface area contributed by atoms with Gasteiger partial charge in [0.1, 0.15) is 0 Å². The van der Waals surface area contributed by atoms with Gasteiger partial charge in [-0.2, -0.15) is 0 Å². The van der Waals surface area contributed by atoms with Crippen LogP contribution in [0.4, 0.5) is 5.69 Å². The molecule has 0 saturated carbocycles.